The molecule has 4 aromatic rings. The Morgan fingerprint density at radius 1 is 0.559 bits per heavy atom. The molecule has 0 unspecified atom stereocenters. The van der Waals surface area contributed by atoms with E-state index in [1.165, 1.54) is 32.4 Å². The van der Waals surface area contributed by atoms with Crippen molar-refractivity contribution in [3.63, 3.8) is 0 Å². The monoisotopic (exact) mass is 805 g/mol. The molecule has 0 aromatic heterocycles. The number of hydrogen-bond acceptors (Lipinski definition) is 8. The summed E-state index contributed by atoms with van der Waals surface area (Å²) < 4.78 is 9.85. The molecule has 12 nitrogen and oxygen atoms in total. The molecule has 1 saturated carbocycles. The molecule has 0 aliphatic heterocycles. The Kier molecular flexibility index (Phi) is 14.6. The van der Waals surface area contributed by atoms with E-state index in [9.17, 15) is 33.9 Å². The largest absolute Gasteiger partial charge is 0.478 e. The summed E-state index contributed by atoms with van der Waals surface area (Å²) in [4.78, 5) is 73.8. The second kappa shape index (κ2) is 19.0. The number of methoxy groups -OCH3 is 2. The summed E-state index contributed by atoms with van der Waals surface area (Å²) in [5, 5.41) is 18.0. The van der Waals surface area contributed by atoms with E-state index in [0.29, 0.717) is 46.5 Å². The van der Waals surface area contributed by atoms with Gasteiger partial charge in [-0.3, -0.25) is 14.4 Å². The highest BCUT2D eigenvalue weighted by Crippen LogP contribution is 2.32. The molecule has 59 heavy (non-hydrogen) atoms. The zero-order valence-electron chi connectivity index (χ0n) is 35.5. The molecule has 0 heterocycles. The van der Waals surface area contributed by atoms with Gasteiger partial charge in [0.05, 0.1) is 30.9 Å². The summed E-state index contributed by atoms with van der Waals surface area (Å²) in [5.74, 6) is -2.85. The molecule has 1 aliphatic carbocycles. The number of hydrogen-bond donors (Lipinski definition) is 4. The van der Waals surface area contributed by atoms with E-state index in [1.54, 1.807) is 48.5 Å². The summed E-state index contributed by atoms with van der Waals surface area (Å²) in [6.45, 7) is 16.9. The average Bonchev–Trinajstić information content (AvgIpc) is 4.02. The predicted molar refractivity (Wildman–Crippen MR) is 227 cm³/mol. The van der Waals surface area contributed by atoms with Gasteiger partial charge in [0, 0.05) is 35.8 Å². The number of benzene rings is 4. The van der Waals surface area contributed by atoms with Crippen molar-refractivity contribution in [2.24, 2.45) is 10.8 Å². The van der Waals surface area contributed by atoms with E-state index in [1.807, 2.05) is 61.5 Å². The van der Waals surface area contributed by atoms with Crippen molar-refractivity contribution >= 4 is 35.6 Å². The predicted octanol–water partition coefficient (Wildman–Crippen LogP) is 8.04. The Labute approximate surface area is 346 Å². The molecular formula is C47H55N3O9. The Balaban J connectivity index is 0.000000262. The number of aromatic carboxylic acids is 1. The highest BCUT2D eigenvalue weighted by molar-refractivity contribution is 6.04. The maximum atomic E-state index is 12.6. The number of aryl methyl sites for hydroxylation is 2. The van der Waals surface area contributed by atoms with Gasteiger partial charge in [0.1, 0.15) is 0 Å². The first-order valence-corrected chi connectivity index (χ1v) is 19.4. The normalized spacial score (nSPS) is 12.3. The fourth-order valence-electron chi connectivity index (χ4n) is 5.89. The van der Waals surface area contributed by atoms with Gasteiger partial charge < -0.3 is 30.5 Å². The standard InChI is InChI=1S/C25H30N2O4.C22H25NO5/c1-15-6-7-17(23(29)27-18-9-10-18)12-20(15)19-11-8-16(13-21(19)24(30)31-5)22(28)26-14-25(2,3)4;1-13-6-7-15(20(25)26)11-17(13)16-9-8-14(10-18(16)21(27)28-5)19(24)23-12-22(2,3)4/h6-8,11-13,18H,9-10,14H2,1-5H3,(H,26,28)(H,27,29);6-11H,12H2,1-5H3,(H,23,24)(H,25,26). The van der Waals surface area contributed by atoms with Crippen molar-refractivity contribution in [1.82, 2.24) is 16.0 Å². The van der Waals surface area contributed by atoms with Gasteiger partial charge in [0.15, 0.2) is 0 Å². The zero-order chi connectivity index (χ0) is 43.8. The number of amides is 3. The number of esters is 2. The summed E-state index contributed by atoms with van der Waals surface area (Å²) in [6.07, 6.45) is 2.02. The van der Waals surface area contributed by atoms with Gasteiger partial charge in [0.2, 0.25) is 0 Å². The lowest BCUT2D eigenvalue weighted by molar-refractivity contribution is 0.0592. The van der Waals surface area contributed by atoms with Crippen LogP contribution in [0.15, 0.2) is 72.8 Å². The fourth-order valence-corrected chi connectivity index (χ4v) is 5.89. The van der Waals surface area contributed by atoms with Gasteiger partial charge in [-0.05, 0) is 119 Å². The fraction of sp³-hybridized carbons (Fsp3) is 0.362. The molecule has 12 heteroatoms. The van der Waals surface area contributed by atoms with E-state index >= 15 is 0 Å². The Morgan fingerprint density at radius 2 is 0.932 bits per heavy atom. The number of ether oxygens (including phenoxy) is 2. The molecule has 0 atom stereocenters. The molecule has 0 radical (unpaired) electrons. The third-order valence-corrected chi connectivity index (χ3v) is 9.41. The van der Waals surface area contributed by atoms with Gasteiger partial charge >= 0.3 is 17.9 Å². The summed E-state index contributed by atoms with van der Waals surface area (Å²) in [7, 11) is 2.57. The lowest BCUT2D eigenvalue weighted by atomic mass is 9.92. The van der Waals surface area contributed by atoms with Crippen LogP contribution in [-0.4, -0.2) is 74.1 Å². The van der Waals surface area contributed by atoms with Gasteiger partial charge in [-0.1, -0.05) is 65.8 Å². The highest BCUT2D eigenvalue weighted by atomic mass is 16.5. The molecule has 0 saturated heterocycles. The SMILES string of the molecule is COC(=O)c1cc(C(=O)NCC(C)(C)C)ccc1-c1cc(C(=O)NC2CC2)ccc1C.COC(=O)c1cc(C(=O)NCC(C)(C)C)ccc1-c1cc(C(=O)O)ccc1C. The van der Waals surface area contributed by atoms with Crippen LogP contribution < -0.4 is 16.0 Å². The van der Waals surface area contributed by atoms with Crippen molar-refractivity contribution in [3.8, 4) is 22.3 Å². The Bertz CT molecular complexity index is 2260. The molecule has 312 valence electrons. The smallest absolute Gasteiger partial charge is 0.338 e. The topological polar surface area (TPSA) is 177 Å². The molecule has 5 rings (SSSR count). The summed E-state index contributed by atoms with van der Waals surface area (Å²) >= 11 is 0. The number of carboxylic acids is 1. The van der Waals surface area contributed by atoms with Crippen molar-refractivity contribution < 1.29 is 43.3 Å². The maximum Gasteiger partial charge on any atom is 0.338 e. The summed E-state index contributed by atoms with van der Waals surface area (Å²) in [5.41, 5.74) is 5.94. The van der Waals surface area contributed by atoms with Crippen LogP contribution in [0.3, 0.4) is 0 Å². The van der Waals surface area contributed by atoms with Crippen LogP contribution in [0.4, 0.5) is 0 Å². The van der Waals surface area contributed by atoms with Gasteiger partial charge in [-0.15, -0.1) is 0 Å². The number of carboxylic acid groups (broad SMARTS) is 1. The molecule has 0 spiro atoms. The molecule has 1 fully saturated rings. The molecule has 4 aromatic carbocycles. The molecule has 1 aliphatic rings. The van der Waals surface area contributed by atoms with E-state index < -0.39 is 17.9 Å². The zero-order valence-corrected chi connectivity index (χ0v) is 35.5. The van der Waals surface area contributed by atoms with Crippen LogP contribution in [0.5, 0.6) is 0 Å². The molecular weight excluding hydrogens is 751 g/mol. The number of carbonyl (C=O) groups excluding carboxylic acids is 5. The number of rotatable bonds is 11. The third kappa shape index (κ3) is 12.6. The first-order chi connectivity index (χ1) is 27.6. The van der Waals surface area contributed by atoms with Crippen molar-refractivity contribution in [3.05, 3.63) is 117 Å². The third-order valence-electron chi connectivity index (χ3n) is 9.41. The van der Waals surface area contributed by atoms with E-state index in [2.05, 4.69) is 16.0 Å². The van der Waals surface area contributed by atoms with Crippen LogP contribution in [0.1, 0.15) is 128 Å². The second-order valence-corrected chi connectivity index (χ2v) is 17.1. The van der Waals surface area contributed by atoms with E-state index in [0.717, 1.165) is 29.5 Å². The lowest BCUT2D eigenvalue weighted by Gasteiger charge is -2.19. The van der Waals surface area contributed by atoms with Crippen molar-refractivity contribution in [1.29, 1.82) is 0 Å². The van der Waals surface area contributed by atoms with E-state index in [4.69, 9.17) is 9.47 Å². The summed E-state index contributed by atoms with van der Waals surface area (Å²) in [6, 6.07) is 20.1. The quantitative estimate of drug-likeness (QED) is 0.109. The van der Waals surface area contributed by atoms with Gasteiger partial charge in [-0.2, -0.15) is 0 Å². The van der Waals surface area contributed by atoms with Crippen molar-refractivity contribution in [2.45, 2.75) is 74.3 Å². The molecule has 4 N–H and O–H groups in total. The van der Waals surface area contributed by atoms with Crippen LogP contribution >= 0.6 is 0 Å². The second-order valence-electron chi connectivity index (χ2n) is 17.1. The van der Waals surface area contributed by atoms with Gasteiger partial charge in [0.25, 0.3) is 17.7 Å². The van der Waals surface area contributed by atoms with Crippen LogP contribution in [0.25, 0.3) is 22.3 Å². The maximum absolute atomic E-state index is 12.6. The Hall–Kier alpha value is -6.30. The van der Waals surface area contributed by atoms with Crippen LogP contribution in [0.2, 0.25) is 0 Å². The minimum atomic E-state index is -1.06. The molecule has 0 bridgehead atoms. The minimum absolute atomic E-state index is 0.0562. The Morgan fingerprint density at radius 3 is 1.31 bits per heavy atom. The minimum Gasteiger partial charge on any atom is -0.478 e. The van der Waals surface area contributed by atoms with Crippen LogP contribution in [-0.2, 0) is 9.47 Å². The van der Waals surface area contributed by atoms with Gasteiger partial charge in [-0.25, -0.2) is 14.4 Å². The van der Waals surface area contributed by atoms with Crippen molar-refractivity contribution in [2.75, 3.05) is 27.3 Å². The number of nitrogens with one attached hydrogen (secondary N) is 3. The number of carbonyl (C=O) groups is 6. The first kappa shape index (κ1) is 45.4. The first-order valence-electron chi connectivity index (χ1n) is 19.4. The average molecular weight is 806 g/mol. The lowest BCUT2D eigenvalue weighted by Crippen LogP contribution is -2.32. The highest BCUT2D eigenvalue weighted by Gasteiger charge is 2.25. The molecule has 3 amide bonds. The van der Waals surface area contributed by atoms with Crippen LogP contribution in [0, 0.1) is 24.7 Å². The van der Waals surface area contributed by atoms with E-state index in [-0.39, 0.29) is 51.3 Å².